The maximum absolute atomic E-state index is 13.0. The van der Waals surface area contributed by atoms with Gasteiger partial charge in [0.15, 0.2) is 11.5 Å². The Bertz CT molecular complexity index is 1530. The summed E-state index contributed by atoms with van der Waals surface area (Å²) in [6.07, 6.45) is 3.21. The topological polar surface area (TPSA) is 113 Å². The number of benzene rings is 3. The van der Waals surface area contributed by atoms with Crippen LogP contribution in [0.3, 0.4) is 0 Å². The Kier molecular flexibility index (Phi) is 8.17. The van der Waals surface area contributed by atoms with E-state index in [1.165, 1.54) is 38.6 Å². The molecule has 0 aliphatic rings. The Balaban J connectivity index is 1.68. The van der Waals surface area contributed by atoms with Crippen molar-refractivity contribution in [3.8, 4) is 34.3 Å². The van der Waals surface area contributed by atoms with Gasteiger partial charge >= 0.3 is 0 Å². The van der Waals surface area contributed by atoms with E-state index in [4.69, 9.17) is 24.0 Å². The molecule has 4 aromatic rings. The van der Waals surface area contributed by atoms with E-state index >= 15 is 0 Å². The largest absolute Gasteiger partial charge is 0.497 e. The molecule has 1 N–H and O–H groups in total. The van der Waals surface area contributed by atoms with Crippen molar-refractivity contribution in [3.63, 3.8) is 0 Å². The summed E-state index contributed by atoms with van der Waals surface area (Å²) in [5.41, 5.74) is 2.99. The van der Waals surface area contributed by atoms with Crippen molar-refractivity contribution in [2.45, 2.75) is 11.4 Å². The van der Waals surface area contributed by atoms with Crippen LogP contribution >= 0.6 is 0 Å². The number of ether oxygens (including phenoxy) is 4. The highest BCUT2D eigenvalue weighted by molar-refractivity contribution is 7.89. The number of aromatic nitrogens is 2. The Morgan fingerprint density at radius 1 is 0.868 bits per heavy atom. The molecule has 1 aromatic heterocycles. The van der Waals surface area contributed by atoms with E-state index in [9.17, 15) is 8.42 Å². The van der Waals surface area contributed by atoms with E-state index < -0.39 is 10.0 Å². The molecule has 3 aromatic carbocycles. The monoisotopic (exact) mass is 536 g/mol. The summed E-state index contributed by atoms with van der Waals surface area (Å²) in [5.74, 6) is 1.72. The molecule has 0 bridgehead atoms. The first-order chi connectivity index (χ1) is 18.4. The van der Waals surface area contributed by atoms with Gasteiger partial charge in [0.2, 0.25) is 0 Å². The van der Waals surface area contributed by atoms with E-state index in [2.05, 4.69) is 9.93 Å². The first kappa shape index (κ1) is 26.6. The summed E-state index contributed by atoms with van der Waals surface area (Å²) in [5, 5.41) is 8.78. The Morgan fingerprint density at radius 3 is 2.29 bits per heavy atom. The predicted molar refractivity (Wildman–Crippen MR) is 144 cm³/mol. The predicted octanol–water partition coefficient (Wildman–Crippen LogP) is 3.95. The Morgan fingerprint density at radius 2 is 1.61 bits per heavy atom. The Hall–Kier alpha value is -4.51. The van der Waals surface area contributed by atoms with Gasteiger partial charge in [-0.25, -0.2) is 0 Å². The molecule has 0 amide bonds. The molecule has 0 saturated carbocycles. The lowest BCUT2D eigenvalue weighted by molar-refractivity contribution is 0.355. The lowest BCUT2D eigenvalue weighted by Gasteiger charge is -2.10. The molecule has 198 valence electrons. The van der Waals surface area contributed by atoms with Crippen molar-refractivity contribution in [3.05, 3.63) is 84.1 Å². The van der Waals surface area contributed by atoms with Crippen molar-refractivity contribution < 1.29 is 27.4 Å². The van der Waals surface area contributed by atoms with Gasteiger partial charge in [0.1, 0.15) is 22.1 Å². The minimum Gasteiger partial charge on any atom is -0.497 e. The highest BCUT2D eigenvalue weighted by atomic mass is 32.2. The van der Waals surface area contributed by atoms with Crippen LogP contribution in [0.2, 0.25) is 0 Å². The van der Waals surface area contributed by atoms with Crippen molar-refractivity contribution in [1.29, 1.82) is 0 Å². The van der Waals surface area contributed by atoms with E-state index in [1.807, 2.05) is 36.4 Å². The van der Waals surface area contributed by atoms with Gasteiger partial charge in [0.25, 0.3) is 10.0 Å². The van der Waals surface area contributed by atoms with Crippen molar-refractivity contribution >= 4 is 16.2 Å². The molecule has 0 saturated heterocycles. The second-order valence-corrected chi connectivity index (χ2v) is 9.68. The fraction of sp³-hybridized carbons (Fsp3) is 0.185. The first-order valence-corrected chi connectivity index (χ1v) is 13.0. The molecule has 11 heteroatoms. The molecule has 0 fully saturated rings. The quantitative estimate of drug-likeness (QED) is 0.228. The summed E-state index contributed by atoms with van der Waals surface area (Å²) in [6, 6.07) is 19.7. The van der Waals surface area contributed by atoms with Gasteiger partial charge in [-0.15, -0.1) is 0 Å². The van der Waals surface area contributed by atoms with Crippen LogP contribution in [-0.4, -0.2) is 52.9 Å². The van der Waals surface area contributed by atoms with Crippen LogP contribution in [0.15, 0.2) is 82.9 Å². The molecule has 0 aliphatic heterocycles. The SMILES string of the molecule is COc1ccc(S(=O)(=O)NN=Cc2cn(Cc3ccccc3)nc2-c2ccc(OC)c(OC)c2)c(OC)c1. The number of nitrogens with one attached hydrogen (secondary N) is 1. The molecule has 0 unspecified atom stereocenters. The van der Waals surface area contributed by atoms with Gasteiger partial charge in [0, 0.05) is 23.4 Å². The third-order valence-electron chi connectivity index (χ3n) is 5.67. The second-order valence-electron chi connectivity index (χ2n) is 8.06. The van der Waals surface area contributed by atoms with Crippen LogP contribution in [0.1, 0.15) is 11.1 Å². The Labute approximate surface area is 221 Å². The summed E-state index contributed by atoms with van der Waals surface area (Å²) >= 11 is 0. The lowest BCUT2D eigenvalue weighted by Crippen LogP contribution is -2.19. The molecule has 1 heterocycles. The van der Waals surface area contributed by atoms with Crippen LogP contribution in [0.4, 0.5) is 0 Å². The maximum Gasteiger partial charge on any atom is 0.280 e. The number of hydrazone groups is 1. The zero-order chi connectivity index (χ0) is 27.1. The number of nitrogens with zero attached hydrogens (tertiary/aromatic N) is 3. The minimum atomic E-state index is -4.03. The normalized spacial score (nSPS) is 11.4. The molecule has 0 atom stereocenters. The highest BCUT2D eigenvalue weighted by Gasteiger charge is 2.20. The molecular weight excluding hydrogens is 508 g/mol. The molecule has 0 radical (unpaired) electrons. The first-order valence-electron chi connectivity index (χ1n) is 11.5. The molecule has 0 aliphatic carbocycles. The number of sulfonamides is 1. The van der Waals surface area contributed by atoms with Crippen LogP contribution < -0.4 is 23.8 Å². The zero-order valence-electron chi connectivity index (χ0n) is 21.4. The summed E-state index contributed by atoms with van der Waals surface area (Å²) in [4.78, 5) is 2.18. The van der Waals surface area contributed by atoms with Gasteiger partial charge in [-0.3, -0.25) is 4.68 Å². The van der Waals surface area contributed by atoms with E-state index in [-0.39, 0.29) is 10.6 Å². The van der Waals surface area contributed by atoms with E-state index in [0.717, 1.165) is 11.1 Å². The van der Waals surface area contributed by atoms with Crippen LogP contribution in [-0.2, 0) is 16.6 Å². The smallest absolute Gasteiger partial charge is 0.280 e. The van der Waals surface area contributed by atoms with Gasteiger partial charge in [-0.05, 0) is 35.9 Å². The van der Waals surface area contributed by atoms with Crippen molar-refractivity contribution in [2.75, 3.05) is 28.4 Å². The standard InChI is InChI=1S/C27H28N4O6S/c1-34-22-11-13-26(25(15-22)37-4)38(32,33)30-28-16-21-18-31(17-19-8-6-5-7-9-19)29-27(21)20-10-12-23(35-2)24(14-20)36-3/h5-16,18,30H,17H2,1-4H3. The summed E-state index contributed by atoms with van der Waals surface area (Å²) in [7, 11) is 1.96. The van der Waals surface area contributed by atoms with E-state index in [1.54, 1.807) is 37.2 Å². The van der Waals surface area contributed by atoms with Crippen LogP contribution in [0, 0.1) is 0 Å². The second kappa shape index (κ2) is 11.7. The zero-order valence-corrected chi connectivity index (χ0v) is 22.2. The summed E-state index contributed by atoms with van der Waals surface area (Å²) < 4.78 is 48.9. The lowest BCUT2D eigenvalue weighted by atomic mass is 10.1. The van der Waals surface area contributed by atoms with E-state index in [0.29, 0.717) is 35.1 Å². The number of hydrogen-bond acceptors (Lipinski definition) is 8. The van der Waals surface area contributed by atoms with Gasteiger partial charge in [-0.1, -0.05) is 30.3 Å². The molecule has 10 nitrogen and oxygen atoms in total. The maximum atomic E-state index is 13.0. The number of methoxy groups -OCH3 is 4. The fourth-order valence-electron chi connectivity index (χ4n) is 3.80. The third-order valence-corrected chi connectivity index (χ3v) is 6.93. The average Bonchev–Trinajstić information content (AvgIpc) is 3.34. The third kappa shape index (κ3) is 5.89. The summed E-state index contributed by atoms with van der Waals surface area (Å²) in [6.45, 7) is 0.518. The average molecular weight is 537 g/mol. The highest BCUT2D eigenvalue weighted by Crippen LogP contribution is 2.33. The molecular formula is C27H28N4O6S. The fourth-order valence-corrected chi connectivity index (χ4v) is 4.75. The number of hydrogen-bond donors (Lipinski definition) is 1. The van der Waals surface area contributed by atoms with Crippen molar-refractivity contribution in [2.24, 2.45) is 5.10 Å². The van der Waals surface area contributed by atoms with Gasteiger partial charge < -0.3 is 18.9 Å². The molecule has 4 rings (SSSR count). The van der Waals surface area contributed by atoms with Crippen molar-refractivity contribution in [1.82, 2.24) is 14.6 Å². The van der Waals surface area contributed by atoms with Crippen LogP contribution in [0.5, 0.6) is 23.0 Å². The van der Waals surface area contributed by atoms with Gasteiger partial charge in [0.05, 0.1) is 41.2 Å². The van der Waals surface area contributed by atoms with Crippen LogP contribution in [0.25, 0.3) is 11.3 Å². The molecule has 38 heavy (non-hydrogen) atoms. The van der Waals surface area contributed by atoms with Gasteiger partial charge in [-0.2, -0.15) is 23.4 Å². The molecule has 0 spiro atoms. The number of rotatable bonds is 11. The minimum absolute atomic E-state index is 0.0714.